The van der Waals surface area contributed by atoms with Crippen molar-refractivity contribution in [3.05, 3.63) is 35.6 Å². The number of nitrogens with zero attached hydrogens (tertiary/aromatic N) is 2. The van der Waals surface area contributed by atoms with Crippen molar-refractivity contribution < 1.29 is 4.39 Å². The van der Waals surface area contributed by atoms with Gasteiger partial charge >= 0.3 is 0 Å². The number of likely N-dealkylation sites (tertiary alicyclic amines) is 1. The summed E-state index contributed by atoms with van der Waals surface area (Å²) in [6.07, 6.45) is 2.10. The van der Waals surface area contributed by atoms with Crippen LogP contribution >= 0.6 is 0 Å². The summed E-state index contributed by atoms with van der Waals surface area (Å²) < 4.78 is 12.9. The lowest BCUT2D eigenvalue weighted by molar-refractivity contribution is 0.343. The van der Waals surface area contributed by atoms with E-state index in [0.717, 1.165) is 50.7 Å². The minimum absolute atomic E-state index is 0.186. The molecule has 1 fully saturated rings. The van der Waals surface area contributed by atoms with Crippen molar-refractivity contribution in [3.63, 3.8) is 0 Å². The maximum atomic E-state index is 12.9. The second-order valence-electron chi connectivity index (χ2n) is 6.07. The average Bonchev–Trinajstić information content (AvgIpc) is 3.02. The van der Waals surface area contributed by atoms with Crippen LogP contribution in [0.2, 0.25) is 0 Å². The monoisotopic (exact) mass is 320 g/mol. The lowest BCUT2D eigenvalue weighted by atomic mass is 10.1. The van der Waals surface area contributed by atoms with Gasteiger partial charge in [-0.2, -0.15) is 0 Å². The van der Waals surface area contributed by atoms with Crippen LogP contribution in [0.3, 0.4) is 0 Å². The number of hydrogen-bond donors (Lipinski definition) is 2. The predicted octanol–water partition coefficient (Wildman–Crippen LogP) is 2.27. The zero-order valence-electron chi connectivity index (χ0n) is 14.3. The molecule has 2 N–H and O–H groups in total. The molecule has 1 atom stereocenters. The van der Waals surface area contributed by atoms with Gasteiger partial charge in [-0.25, -0.2) is 4.39 Å². The Morgan fingerprint density at radius 2 is 2.04 bits per heavy atom. The predicted molar refractivity (Wildman–Crippen MR) is 94.3 cm³/mol. The number of rotatable bonds is 7. The van der Waals surface area contributed by atoms with Gasteiger partial charge in [0.25, 0.3) is 0 Å². The molecule has 0 bridgehead atoms. The van der Waals surface area contributed by atoms with Crippen LogP contribution in [0.1, 0.15) is 25.8 Å². The molecule has 128 valence electrons. The fourth-order valence-electron chi connectivity index (χ4n) is 2.89. The molecule has 0 radical (unpaired) electrons. The van der Waals surface area contributed by atoms with Gasteiger partial charge in [0, 0.05) is 26.2 Å². The molecule has 1 saturated heterocycles. The number of benzene rings is 1. The van der Waals surface area contributed by atoms with Crippen LogP contribution in [0, 0.1) is 11.7 Å². The van der Waals surface area contributed by atoms with Gasteiger partial charge < -0.3 is 15.5 Å². The maximum absolute atomic E-state index is 12.9. The van der Waals surface area contributed by atoms with E-state index in [2.05, 4.69) is 29.4 Å². The SMILES string of the molecule is CCNC(=NCC1CCN(CC)C1)NCCc1ccc(F)cc1. The molecule has 0 aliphatic carbocycles. The van der Waals surface area contributed by atoms with E-state index in [1.165, 1.54) is 25.1 Å². The minimum Gasteiger partial charge on any atom is -0.357 e. The van der Waals surface area contributed by atoms with E-state index in [4.69, 9.17) is 4.99 Å². The number of aliphatic imine (C=N–C) groups is 1. The molecule has 0 spiro atoms. The standard InChI is InChI=1S/C18H29FN4/c1-3-20-18(22-13-16-10-12-23(4-2)14-16)21-11-9-15-5-7-17(19)8-6-15/h5-8,16H,3-4,9-14H2,1-2H3,(H2,20,21,22). The minimum atomic E-state index is -0.186. The first kappa shape index (κ1) is 17.7. The van der Waals surface area contributed by atoms with Gasteiger partial charge in [0.1, 0.15) is 5.82 Å². The van der Waals surface area contributed by atoms with E-state index in [9.17, 15) is 4.39 Å². The Kier molecular flexibility index (Phi) is 7.33. The molecule has 0 aromatic heterocycles. The van der Waals surface area contributed by atoms with Gasteiger partial charge in [-0.3, -0.25) is 4.99 Å². The summed E-state index contributed by atoms with van der Waals surface area (Å²) in [6, 6.07) is 6.68. The Labute approximate surface area is 139 Å². The van der Waals surface area contributed by atoms with E-state index >= 15 is 0 Å². The van der Waals surface area contributed by atoms with Crippen LogP contribution in [0.25, 0.3) is 0 Å². The Hall–Kier alpha value is -1.62. The number of hydrogen-bond acceptors (Lipinski definition) is 2. The smallest absolute Gasteiger partial charge is 0.191 e. The fourth-order valence-corrected chi connectivity index (χ4v) is 2.89. The Morgan fingerprint density at radius 3 is 2.70 bits per heavy atom. The van der Waals surface area contributed by atoms with Crippen molar-refractivity contribution >= 4 is 5.96 Å². The first-order valence-electron chi connectivity index (χ1n) is 8.70. The molecular weight excluding hydrogens is 291 g/mol. The van der Waals surface area contributed by atoms with Crippen molar-refractivity contribution in [1.29, 1.82) is 0 Å². The molecule has 1 heterocycles. The highest BCUT2D eigenvalue weighted by Gasteiger charge is 2.20. The molecule has 0 amide bonds. The summed E-state index contributed by atoms with van der Waals surface area (Å²) in [7, 11) is 0. The van der Waals surface area contributed by atoms with Crippen molar-refractivity contribution in [3.8, 4) is 0 Å². The molecule has 1 aromatic carbocycles. The zero-order chi connectivity index (χ0) is 16.5. The second kappa shape index (κ2) is 9.50. The van der Waals surface area contributed by atoms with E-state index in [1.54, 1.807) is 0 Å². The zero-order valence-corrected chi connectivity index (χ0v) is 14.3. The lowest BCUT2D eigenvalue weighted by Crippen LogP contribution is -2.38. The Balaban J connectivity index is 1.76. The van der Waals surface area contributed by atoms with E-state index in [1.807, 2.05) is 12.1 Å². The van der Waals surface area contributed by atoms with Gasteiger partial charge in [0.2, 0.25) is 0 Å². The third kappa shape index (κ3) is 6.18. The van der Waals surface area contributed by atoms with Crippen molar-refractivity contribution in [2.45, 2.75) is 26.7 Å². The second-order valence-corrected chi connectivity index (χ2v) is 6.07. The summed E-state index contributed by atoms with van der Waals surface area (Å²) in [5.41, 5.74) is 1.13. The van der Waals surface area contributed by atoms with Gasteiger partial charge in [-0.15, -0.1) is 0 Å². The van der Waals surface area contributed by atoms with Crippen LogP contribution in [0.5, 0.6) is 0 Å². The summed E-state index contributed by atoms with van der Waals surface area (Å²) in [5, 5.41) is 6.66. The van der Waals surface area contributed by atoms with E-state index in [0.29, 0.717) is 5.92 Å². The number of nitrogens with one attached hydrogen (secondary N) is 2. The molecule has 0 saturated carbocycles. The van der Waals surface area contributed by atoms with Gasteiger partial charge in [0.05, 0.1) is 0 Å². The van der Waals surface area contributed by atoms with Crippen LogP contribution < -0.4 is 10.6 Å². The van der Waals surface area contributed by atoms with Crippen molar-refractivity contribution in [2.24, 2.45) is 10.9 Å². The van der Waals surface area contributed by atoms with Gasteiger partial charge in [0.15, 0.2) is 5.96 Å². The van der Waals surface area contributed by atoms with E-state index < -0.39 is 0 Å². The van der Waals surface area contributed by atoms with Crippen LogP contribution in [-0.4, -0.2) is 50.1 Å². The fraction of sp³-hybridized carbons (Fsp3) is 0.611. The summed E-state index contributed by atoms with van der Waals surface area (Å²) in [5.74, 6) is 1.36. The van der Waals surface area contributed by atoms with Crippen molar-refractivity contribution in [2.75, 3.05) is 39.3 Å². The Morgan fingerprint density at radius 1 is 1.26 bits per heavy atom. The lowest BCUT2D eigenvalue weighted by Gasteiger charge is -2.14. The van der Waals surface area contributed by atoms with Crippen LogP contribution in [0.15, 0.2) is 29.3 Å². The number of halogens is 1. The third-order valence-electron chi connectivity index (χ3n) is 4.29. The van der Waals surface area contributed by atoms with Gasteiger partial charge in [-0.1, -0.05) is 19.1 Å². The molecule has 2 rings (SSSR count). The first-order valence-corrected chi connectivity index (χ1v) is 8.70. The molecular formula is C18H29FN4. The quantitative estimate of drug-likeness (QED) is 0.598. The Bertz CT molecular complexity index is 486. The third-order valence-corrected chi connectivity index (χ3v) is 4.29. The molecule has 4 nitrogen and oxygen atoms in total. The molecule has 1 aromatic rings. The molecule has 5 heteroatoms. The van der Waals surface area contributed by atoms with Crippen LogP contribution in [-0.2, 0) is 6.42 Å². The largest absolute Gasteiger partial charge is 0.357 e. The summed E-state index contributed by atoms with van der Waals surface area (Å²) in [6.45, 7) is 10.3. The molecule has 1 aliphatic heterocycles. The topological polar surface area (TPSA) is 39.7 Å². The van der Waals surface area contributed by atoms with Crippen LogP contribution in [0.4, 0.5) is 4.39 Å². The molecule has 1 aliphatic rings. The highest BCUT2D eigenvalue weighted by Crippen LogP contribution is 2.15. The number of guanidine groups is 1. The molecule has 1 unspecified atom stereocenters. The summed E-state index contributed by atoms with van der Waals surface area (Å²) >= 11 is 0. The first-order chi connectivity index (χ1) is 11.2. The normalized spacial score (nSPS) is 19.1. The van der Waals surface area contributed by atoms with E-state index in [-0.39, 0.29) is 5.82 Å². The highest BCUT2D eigenvalue weighted by molar-refractivity contribution is 5.79. The maximum Gasteiger partial charge on any atom is 0.191 e. The summed E-state index contributed by atoms with van der Waals surface area (Å²) in [4.78, 5) is 7.20. The highest BCUT2D eigenvalue weighted by atomic mass is 19.1. The van der Waals surface area contributed by atoms with Gasteiger partial charge in [-0.05, 0) is 56.5 Å². The average molecular weight is 320 g/mol. The molecule has 23 heavy (non-hydrogen) atoms. The van der Waals surface area contributed by atoms with Crippen molar-refractivity contribution in [1.82, 2.24) is 15.5 Å².